The van der Waals surface area contributed by atoms with Gasteiger partial charge in [-0.05, 0) is 36.9 Å². The molecule has 4 nitrogen and oxygen atoms in total. The van der Waals surface area contributed by atoms with E-state index in [9.17, 15) is 4.79 Å². The molecule has 0 amide bonds. The molecule has 0 aromatic heterocycles. The number of benzene rings is 1. The Hall–Kier alpha value is -1.55. The van der Waals surface area contributed by atoms with Crippen LogP contribution in [0.1, 0.15) is 24.5 Å². The first kappa shape index (κ1) is 13.9. The largest absolute Gasteiger partial charge is 0.496 e. The zero-order chi connectivity index (χ0) is 13.8. The van der Waals surface area contributed by atoms with Crippen molar-refractivity contribution < 1.29 is 14.6 Å². The molecule has 0 heterocycles. The molecule has 104 valence electrons. The number of nitrogens with one attached hydrogen (secondary N) is 1. The predicted octanol–water partition coefficient (Wildman–Crippen LogP) is 2.07. The lowest BCUT2D eigenvalue weighted by molar-refractivity contribution is -0.138. The molecule has 1 aliphatic carbocycles. The molecular weight excluding hydrogens is 242 g/mol. The van der Waals surface area contributed by atoms with Crippen LogP contribution in [0.2, 0.25) is 0 Å². The Kier molecular flexibility index (Phi) is 4.43. The second kappa shape index (κ2) is 6.06. The first-order chi connectivity index (χ1) is 9.15. The Morgan fingerprint density at radius 2 is 2.32 bits per heavy atom. The molecule has 2 atom stereocenters. The maximum absolute atomic E-state index is 10.7. The first-order valence-electron chi connectivity index (χ1n) is 6.75. The van der Waals surface area contributed by atoms with Crippen molar-refractivity contribution in [1.82, 2.24) is 5.32 Å². The zero-order valence-corrected chi connectivity index (χ0v) is 11.5. The molecule has 0 aliphatic heterocycles. The summed E-state index contributed by atoms with van der Waals surface area (Å²) in [4.78, 5) is 10.7. The van der Waals surface area contributed by atoms with E-state index in [2.05, 4.69) is 24.4 Å². The minimum atomic E-state index is -0.669. The van der Waals surface area contributed by atoms with E-state index in [1.807, 2.05) is 6.07 Å². The number of carboxylic acid groups (broad SMARTS) is 1. The van der Waals surface area contributed by atoms with Crippen LogP contribution in [-0.4, -0.2) is 24.7 Å². The van der Waals surface area contributed by atoms with Gasteiger partial charge in [-0.25, -0.2) is 0 Å². The Morgan fingerprint density at radius 1 is 1.53 bits per heavy atom. The maximum atomic E-state index is 10.7. The summed E-state index contributed by atoms with van der Waals surface area (Å²) in [5.41, 5.74) is 2.42. The third-order valence-corrected chi connectivity index (χ3v) is 3.71. The highest BCUT2D eigenvalue weighted by molar-refractivity contribution is 5.73. The molecule has 0 spiro atoms. The number of carboxylic acids is 1. The minimum Gasteiger partial charge on any atom is -0.496 e. The van der Waals surface area contributed by atoms with E-state index in [-0.39, 0.29) is 11.8 Å². The summed E-state index contributed by atoms with van der Waals surface area (Å²) in [5.74, 6) is 0.363. The summed E-state index contributed by atoms with van der Waals surface area (Å²) in [6, 6.07) is 6.21. The number of methoxy groups -OCH3 is 1. The van der Waals surface area contributed by atoms with Gasteiger partial charge in [0, 0.05) is 12.1 Å². The van der Waals surface area contributed by atoms with E-state index in [1.54, 1.807) is 7.11 Å². The Bertz CT molecular complexity index is 459. The van der Waals surface area contributed by atoms with Gasteiger partial charge in [0.1, 0.15) is 5.75 Å². The zero-order valence-electron chi connectivity index (χ0n) is 11.5. The smallest absolute Gasteiger partial charge is 0.306 e. The summed E-state index contributed by atoms with van der Waals surface area (Å²) < 4.78 is 5.34. The summed E-state index contributed by atoms with van der Waals surface area (Å²) in [6.45, 7) is 3.61. The molecule has 1 aromatic carbocycles. The third-order valence-electron chi connectivity index (χ3n) is 3.71. The van der Waals surface area contributed by atoms with Crippen molar-refractivity contribution >= 4 is 5.97 Å². The molecule has 19 heavy (non-hydrogen) atoms. The third kappa shape index (κ3) is 3.47. The minimum absolute atomic E-state index is 0.142. The number of hydrogen-bond acceptors (Lipinski definition) is 3. The summed E-state index contributed by atoms with van der Waals surface area (Å²) in [6.07, 6.45) is 1.80. The second-order valence-corrected chi connectivity index (χ2v) is 5.07. The average Bonchev–Trinajstić information content (AvgIpc) is 3.18. The van der Waals surface area contributed by atoms with E-state index in [0.717, 1.165) is 37.2 Å². The molecule has 0 radical (unpaired) electrons. The van der Waals surface area contributed by atoms with Crippen LogP contribution in [0.25, 0.3) is 0 Å². The van der Waals surface area contributed by atoms with Crippen molar-refractivity contribution in [3.05, 3.63) is 29.3 Å². The first-order valence-corrected chi connectivity index (χ1v) is 6.75. The molecule has 2 rings (SSSR count). The van der Waals surface area contributed by atoms with Crippen molar-refractivity contribution in [1.29, 1.82) is 0 Å². The molecule has 1 fully saturated rings. The van der Waals surface area contributed by atoms with Gasteiger partial charge in [0.25, 0.3) is 0 Å². The summed E-state index contributed by atoms with van der Waals surface area (Å²) in [7, 11) is 1.67. The fourth-order valence-corrected chi connectivity index (χ4v) is 2.36. The van der Waals surface area contributed by atoms with Gasteiger partial charge < -0.3 is 15.2 Å². The Morgan fingerprint density at radius 3 is 2.89 bits per heavy atom. The van der Waals surface area contributed by atoms with Crippen molar-refractivity contribution in [2.45, 2.75) is 26.3 Å². The number of carbonyl (C=O) groups is 1. The van der Waals surface area contributed by atoms with Gasteiger partial charge in [-0.2, -0.15) is 0 Å². The topological polar surface area (TPSA) is 58.6 Å². The maximum Gasteiger partial charge on any atom is 0.306 e. The van der Waals surface area contributed by atoms with Gasteiger partial charge in [-0.1, -0.05) is 19.1 Å². The van der Waals surface area contributed by atoms with E-state index < -0.39 is 5.97 Å². The van der Waals surface area contributed by atoms with Gasteiger partial charge in [-0.3, -0.25) is 4.79 Å². The lowest BCUT2D eigenvalue weighted by atomic mass is 10.1. The standard InChI is InChI=1S/C15H21NO3/c1-3-10-4-5-14(19-2)12(6-10)9-16-8-11-7-13(11)15(17)18/h4-6,11,13,16H,3,7-9H2,1-2H3,(H,17,18). The molecule has 0 bridgehead atoms. The van der Waals surface area contributed by atoms with E-state index >= 15 is 0 Å². The SMILES string of the molecule is CCc1ccc(OC)c(CNCC2CC2C(=O)O)c1. The number of hydrogen-bond donors (Lipinski definition) is 2. The summed E-state index contributed by atoms with van der Waals surface area (Å²) in [5, 5.41) is 12.2. The van der Waals surface area contributed by atoms with Crippen LogP contribution in [-0.2, 0) is 17.8 Å². The van der Waals surface area contributed by atoms with Crippen LogP contribution in [0.5, 0.6) is 5.75 Å². The molecule has 4 heteroatoms. The number of aliphatic carboxylic acids is 1. The molecular formula is C15H21NO3. The Labute approximate surface area is 113 Å². The lowest BCUT2D eigenvalue weighted by Crippen LogP contribution is -2.18. The van der Waals surface area contributed by atoms with Crippen molar-refractivity contribution in [3.8, 4) is 5.75 Å². The van der Waals surface area contributed by atoms with Gasteiger partial charge in [0.05, 0.1) is 13.0 Å². The molecule has 1 saturated carbocycles. The average molecular weight is 263 g/mol. The molecule has 2 unspecified atom stereocenters. The quantitative estimate of drug-likeness (QED) is 0.790. The Balaban J connectivity index is 1.87. The van der Waals surface area contributed by atoms with Crippen LogP contribution in [0.15, 0.2) is 18.2 Å². The van der Waals surface area contributed by atoms with Gasteiger partial charge in [0.2, 0.25) is 0 Å². The predicted molar refractivity (Wildman–Crippen MR) is 73.3 cm³/mol. The number of aryl methyl sites for hydroxylation is 1. The van der Waals surface area contributed by atoms with Crippen LogP contribution < -0.4 is 10.1 Å². The molecule has 0 saturated heterocycles. The van der Waals surface area contributed by atoms with Crippen molar-refractivity contribution in [2.24, 2.45) is 11.8 Å². The highest BCUT2D eigenvalue weighted by Gasteiger charge is 2.42. The van der Waals surface area contributed by atoms with E-state index in [1.165, 1.54) is 5.56 Å². The number of ether oxygens (including phenoxy) is 1. The highest BCUT2D eigenvalue weighted by atomic mass is 16.5. The van der Waals surface area contributed by atoms with E-state index in [4.69, 9.17) is 9.84 Å². The highest BCUT2D eigenvalue weighted by Crippen LogP contribution is 2.37. The van der Waals surface area contributed by atoms with Gasteiger partial charge in [-0.15, -0.1) is 0 Å². The molecule has 1 aromatic rings. The molecule has 1 aliphatic rings. The van der Waals surface area contributed by atoms with Crippen molar-refractivity contribution in [3.63, 3.8) is 0 Å². The monoisotopic (exact) mass is 263 g/mol. The van der Waals surface area contributed by atoms with Gasteiger partial charge >= 0.3 is 5.97 Å². The van der Waals surface area contributed by atoms with E-state index in [0.29, 0.717) is 0 Å². The summed E-state index contributed by atoms with van der Waals surface area (Å²) >= 11 is 0. The second-order valence-electron chi connectivity index (χ2n) is 5.07. The van der Waals surface area contributed by atoms with Crippen LogP contribution in [0.4, 0.5) is 0 Å². The van der Waals surface area contributed by atoms with Crippen LogP contribution in [0, 0.1) is 11.8 Å². The fourth-order valence-electron chi connectivity index (χ4n) is 2.36. The number of rotatable bonds is 7. The van der Waals surface area contributed by atoms with Gasteiger partial charge in [0.15, 0.2) is 0 Å². The normalized spacial score (nSPS) is 21.2. The van der Waals surface area contributed by atoms with Crippen LogP contribution in [0.3, 0.4) is 0 Å². The fraction of sp³-hybridized carbons (Fsp3) is 0.533. The molecule has 2 N–H and O–H groups in total. The van der Waals surface area contributed by atoms with Crippen molar-refractivity contribution in [2.75, 3.05) is 13.7 Å². The van der Waals surface area contributed by atoms with Crippen LogP contribution >= 0.6 is 0 Å². The lowest BCUT2D eigenvalue weighted by Gasteiger charge is -2.11.